The van der Waals surface area contributed by atoms with Crippen molar-refractivity contribution in [2.75, 3.05) is 38.2 Å². The Morgan fingerprint density at radius 2 is 1.69 bits per heavy atom. The summed E-state index contributed by atoms with van der Waals surface area (Å²) in [4.78, 5) is 19.6. The van der Waals surface area contributed by atoms with Crippen molar-refractivity contribution in [3.63, 3.8) is 0 Å². The number of anilines is 1. The first-order valence-electron chi connectivity index (χ1n) is 13.4. The number of para-hydroxylation sites is 1. The van der Waals surface area contributed by atoms with E-state index in [0.29, 0.717) is 60.0 Å². The number of benzene rings is 3. The minimum atomic E-state index is -4.78. The summed E-state index contributed by atoms with van der Waals surface area (Å²) in [7, 11) is 1.56. The van der Waals surface area contributed by atoms with Gasteiger partial charge in [0.15, 0.2) is 0 Å². The van der Waals surface area contributed by atoms with Gasteiger partial charge < -0.3 is 28.5 Å². The summed E-state index contributed by atoms with van der Waals surface area (Å²) in [6, 6.07) is 17.9. The number of piperazine rings is 1. The fraction of sp³-hybridized carbons (Fsp3) is 0.333. The van der Waals surface area contributed by atoms with Crippen molar-refractivity contribution in [2.45, 2.75) is 32.2 Å². The first kappa shape index (κ1) is 29.3. The summed E-state index contributed by atoms with van der Waals surface area (Å²) < 4.78 is 70.6. The Morgan fingerprint density at radius 1 is 0.976 bits per heavy atom. The average molecular weight is 587 g/mol. The van der Waals surface area contributed by atoms with Crippen LogP contribution in [-0.4, -0.2) is 66.6 Å². The van der Waals surface area contributed by atoms with Gasteiger partial charge in [-0.25, -0.2) is 9.37 Å². The lowest BCUT2D eigenvalue weighted by Crippen LogP contribution is -2.51. The van der Waals surface area contributed by atoms with Gasteiger partial charge >= 0.3 is 6.36 Å². The number of imidazole rings is 1. The zero-order chi connectivity index (χ0) is 29.7. The standard InChI is InChI=1S/C30H30F4N4O4/c1-40-29(11-16-39)37-14-12-36(13-15-37)26-18-27-25(17-24(26)31)35-28(20-41-22-5-3-2-4-6-22)38(27)19-21-7-9-23(10-8-21)42-30(32,33)34/h2-10,16-18,29H,11-15,19-20H2,1H3. The van der Waals surface area contributed by atoms with Crippen molar-refractivity contribution in [1.29, 1.82) is 0 Å². The summed E-state index contributed by atoms with van der Waals surface area (Å²) in [5.41, 5.74) is 2.21. The number of carbonyl (C=O) groups is 1. The van der Waals surface area contributed by atoms with Crippen LogP contribution in [0.15, 0.2) is 66.7 Å². The Morgan fingerprint density at radius 3 is 2.33 bits per heavy atom. The van der Waals surface area contributed by atoms with Gasteiger partial charge in [0, 0.05) is 52.3 Å². The van der Waals surface area contributed by atoms with Crippen LogP contribution in [0.5, 0.6) is 11.5 Å². The van der Waals surface area contributed by atoms with Crippen LogP contribution in [-0.2, 0) is 22.7 Å². The Labute approximate surface area is 240 Å². The number of ether oxygens (including phenoxy) is 3. The maximum atomic E-state index is 15.4. The molecule has 222 valence electrons. The minimum absolute atomic E-state index is 0.0960. The van der Waals surface area contributed by atoms with E-state index >= 15 is 4.39 Å². The summed E-state index contributed by atoms with van der Waals surface area (Å²) >= 11 is 0. The van der Waals surface area contributed by atoms with Crippen LogP contribution >= 0.6 is 0 Å². The highest BCUT2D eigenvalue weighted by molar-refractivity contribution is 5.81. The van der Waals surface area contributed by atoms with Crippen molar-refractivity contribution < 1.29 is 36.6 Å². The van der Waals surface area contributed by atoms with Crippen molar-refractivity contribution >= 4 is 23.0 Å². The molecule has 1 atom stereocenters. The van der Waals surface area contributed by atoms with E-state index in [1.165, 1.54) is 18.2 Å². The number of methoxy groups -OCH3 is 1. The molecule has 0 N–H and O–H groups in total. The molecule has 2 heterocycles. The van der Waals surface area contributed by atoms with E-state index in [0.717, 1.165) is 6.29 Å². The topological polar surface area (TPSA) is 69.1 Å². The molecule has 12 heteroatoms. The van der Waals surface area contributed by atoms with E-state index in [9.17, 15) is 18.0 Å². The highest BCUT2D eigenvalue weighted by Crippen LogP contribution is 2.30. The molecule has 0 bridgehead atoms. The van der Waals surface area contributed by atoms with Gasteiger partial charge in [-0.15, -0.1) is 13.2 Å². The maximum absolute atomic E-state index is 15.4. The van der Waals surface area contributed by atoms with Crippen molar-refractivity contribution in [3.05, 3.63) is 83.9 Å². The van der Waals surface area contributed by atoms with Gasteiger partial charge in [0.2, 0.25) is 0 Å². The lowest BCUT2D eigenvalue weighted by molar-refractivity contribution is -0.274. The number of hydrogen-bond acceptors (Lipinski definition) is 7. The highest BCUT2D eigenvalue weighted by Gasteiger charge is 2.31. The van der Waals surface area contributed by atoms with Gasteiger partial charge in [-0.3, -0.25) is 4.90 Å². The quantitative estimate of drug-likeness (QED) is 0.173. The molecule has 4 aromatic rings. The third-order valence-corrected chi connectivity index (χ3v) is 7.14. The predicted molar refractivity (Wildman–Crippen MR) is 148 cm³/mol. The van der Waals surface area contributed by atoms with E-state index in [1.807, 2.05) is 39.8 Å². The van der Waals surface area contributed by atoms with Crippen molar-refractivity contribution in [1.82, 2.24) is 14.5 Å². The molecule has 1 aliphatic heterocycles. The number of aldehydes is 1. The lowest BCUT2D eigenvalue weighted by atomic mass is 10.2. The highest BCUT2D eigenvalue weighted by atomic mass is 19.4. The van der Waals surface area contributed by atoms with E-state index in [4.69, 9.17) is 9.47 Å². The van der Waals surface area contributed by atoms with E-state index in [1.54, 1.807) is 25.3 Å². The van der Waals surface area contributed by atoms with Crippen LogP contribution in [0, 0.1) is 5.82 Å². The van der Waals surface area contributed by atoms with Crippen molar-refractivity contribution in [3.8, 4) is 11.5 Å². The van der Waals surface area contributed by atoms with Crippen LogP contribution in [0.4, 0.5) is 23.2 Å². The third kappa shape index (κ3) is 7.00. The Bertz CT molecular complexity index is 1490. The maximum Gasteiger partial charge on any atom is 0.573 e. The number of fused-ring (bicyclic) bond motifs is 1. The lowest BCUT2D eigenvalue weighted by Gasteiger charge is -2.39. The second-order valence-electron chi connectivity index (χ2n) is 9.82. The van der Waals surface area contributed by atoms with Gasteiger partial charge in [-0.2, -0.15) is 0 Å². The van der Waals surface area contributed by atoms with Crippen LogP contribution in [0.2, 0.25) is 0 Å². The first-order chi connectivity index (χ1) is 20.2. The summed E-state index contributed by atoms with van der Waals surface area (Å²) in [6.45, 7) is 2.59. The molecule has 5 rings (SSSR count). The number of rotatable bonds is 11. The number of nitrogens with zero attached hydrogens (tertiary/aromatic N) is 4. The molecule has 0 saturated carbocycles. The zero-order valence-corrected chi connectivity index (χ0v) is 22.9. The van der Waals surface area contributed by atoms with Gasteiger partial charge in [0.05, 0.1) is 16.7 Å². The number of halogens is 4. The average Bonchev–Trinajstić information content (AvgIpc) is 3.30. The molecular weight excluding hydrogens is 556 g/mol. The molecule has 1 aromatic heterocycles. The van der Waals surface area contributed by atoms with Gasteiger partial charge in [0.1, 0.15) is 42.3 Å². The molecular formula is C30H30F4N4O4. The van der Waals surface area contributed by atoms with E-state index in [-0.39, 0.29) is 31.5 Å². The Balaban J connectivity index is 1.44. The first-order valence-corrected chi connectivity index (χ1v) is 13.4. The molecule has 0 amide bonds. The second kappa shape index (κ2) is 12.8. The molecule has 1 unspecified atom stereocenters. The van der Waals surface area contributed by atoms with E-state index < -0.39 is 12.2 Å². The number of alkyl halides is 3. The number of carbonyl (C=O) groups excluding carboxylic acids is 1. The molecule has 3 aromatic carbocycles. The van der Waals surface area contributed by atoms with Crippen LogP contribution in [0.1, 0.15) is 17.8 Å². The second-order valence-corrected chi connectivity index (χ2v) is 9.82. The van der Waals surface area contributed by atoms with Crippen LogP contribution in [0.3, 0.4) is 0 Å². The zero-order valence-electron chi connectivity index (χ0n) is 22.9. The van der Waals surface area contributed by atoms with Crippen LogP contribution in [0.25, 0.3) is 11.0 Å². The molecule has 0 spiro atoms. The van der Waals surface area contributed by atoms with E-state index in [2.05, 4.69) is 14.6 Å². The van der Waals surface area contributed by atoms with Gasteiger partial charge in [-0.05, 0) is 35.9 Å². The normalized spacial score (nSPS) is 15.1. The SMILES string of the molecule is COC(CC=O)N1CCN(c2cc3c(cc2F)nc(COc2ccccc2)n3Cc2ccc(OC(F)(F)F)cc2)CC1. The molecule has 1 fully saturated rings. The Kier molecular flexibility index (Phi) is 8.93. The fourth-order valence-corrected chi connectivity index (χ4v) is 5.08. The van der Waals surface area contributed by atoms with Crippen molar-refractivity contribution in [2.24, 2.45) is 0 Å². The Hall–Kier alpha value is -4.16. The smallest absolute Gasteiger partial charge is 0.486 e. The molecule has 8 nitrogen and oxygen atoms in total. The fourth-order valence-electron chi connectivity index (χ4n) is 5.08. The minimum Gasteiger partial charge on any atom is -0.486 e. The monoisotopic (exact) mass is 586 g/mol. The molecule has 0 radical (unpaired) electrons. The molecule has 42 heavy (non-hydrogen) atoms. The molecule has 0 aliphatic carbocycles. The van der Waals surface area contributed by atoms with Gasteiger partial charge in [0.25, 0.3) is 0 Å². The molecule has 1 aliphatic rings. The number of hydrogen-bond donors (Lipinski definition) is 0. The predicted octanol–water partition coefficient (Wildman–Crippen LogP) is 5.38. The number of aromatic nitrogens is 2. The largest absolute Gasteiger partial charge is 0.573 e. The third-order valence-electron chi connectivity index (χ3n) is 7.14. The molecule has 1 saturated heterocycles. The summed E-state index contributed by atoms with van der Waals surface area (Å²) in [5, 5.41) is 0. The summed E-state index contributed by atoms with van der Waals surface area (Å²) in [6.07, 6.45) is -4.02. The van der Waals surface area contributed by atoms with Gasteiger partial charge in [-0.1, -0.05) is 30.3 Å². The van der Waals surface area contributed by atoms with Crippen LogP contribution < -0.4 is 14.4 Å². The summed E-state index contributed by atoms with van der Waals surface area (Å²) in [5.74, 6) is 0.434.